The van der Waals surface area contributed by atoms with Gasteiger partial charge in [-0.15, -0.1) is 0 Å². The zero-order valence-corrected chi connectivity index (χ0v) is 11.9. The Morgan fingerprint density at radius 1 is 1.47 bits per heavy atom. The van der Waals surface area contributed by atoms with E-state index in [1.165, 1.54) is 12.2 Å². The van der Waals surface area contributed by atoms with Crippen LogP contribution in [0.15, 0.2) is 18.2 Å². The van der Waals surface area contributed by atoms with Crippen molar-refractivity contribution < 1.29 is 14.3 Å². The third kappa shape index (κ3) is 3.64. The number of ether oxygens (including phenoxy) is 2. The molecular formula is C14H19NO3S. The molecule has 1 atom stereocenters. The highest BCUT2D eigenvalue weighted by Crippen LogP contribution is 2.31. The van der Waals surface area contributed by atoms with E-state index >= 15 is 0 Å². The Labute approximate surface area is 117 Å². The predicted octanol–water partition coefficient (Wildman–Crippen LogP) is 2.11. The summed E-state index contributed by atoms with van der Waals surface area (Å²) in [6.45, 7) is 0.00260. The molecule has 1 heterocycles. The van der Waals surface area contributed by atoms with Crippen molar-refractivity contribution in [3.63, 3.8) is 0 Å². The van der Waals surface area contributed by atoms with E-state index in [2.05, 4.69) is 0 Å². The maximum absolute atomic E-state index is 11.6. The molecule has 5 heteroatoms. The van der Waals surface area contributed by atoms with Gasteiger partial charge in [0.1, 0.15) is 6.10 Å². The first-order chi connectivity index (χ1) is 9.24. The number of benzene rings is 1. The van der Waals surface area contributed by atoms with Gasteiger partial charge in [0.05, 0.1) is 13.7 Å². The lowest BCUT2D eigenvalue weighted by Crippen LogP contribution is -2.23. The monoisotopic (exact) mass is 281 g/mol. The summed E-state index contributed by atoms with van der Waals surface area (Å²) in [5.41, 5.74) is 5.92. The van der Waals surface area contributed by atoms with Gasteiger partial charge in [-0.25, -0.2) is 0 Å². The molecule has 0 radical (unpaired) electrons. The van der Waals surface area contributed by atoms with E-state index in [9.17, 15) is 4.79 Å². The molecule has 0 aliphatic carbocycles. The second-order valence-corrected chi connectivity index (χ2v) is 5.60. The van der Waals surface area contributed by atoms with Crippen LogP contribution >= 0.6 is 11.8 Å². The van der Waals surface area contributed by atoms with Crippen molar-refractivity contribution in [3.05, 3.63) is 23.8 Å². The standard InChI is InChI=1S/C14H19NO3S/c1-17-14-7-10(12(16)8-15)4-5-13(14)18-11-3-2-6-19-9-11/h4-5,7,11H,2-3,6,8-9,15H2,1H3. The maximum Gasteiger partial charge on any atom is 0.176 e. The van der Waals surface area contributed by atoms with Crippen molar-refractivity contribution >= 4 is 17.5 Å². The van der Waals surface area contributed by atoms with Gasteiger partial charge in [0.2, 0.25) is 0 Å². The molecule has 0 spiro atoms. The largest absolute Gasteiger partial charge is 0.493 e. The Morgan fingerprint density at radius 3 is 2.95 bits per heavy atom. The van der Waals surface area contributed by atoms with Crippen LogP contribution in [0.3, 0.4) is 0 Å². The number of Topliss-reactive ketones (excluding diaryl/α,β-unsaturated/α-hetero) is 1. The molecule has 0 bridgehead atoms. The molecule has 0 aromatic heterocycles. The van der Waals surface area contributed by atoms with Crippen LogP contribution in [-0.2, 0) is 0 Å². The Bertz CT molecular complexity index is 444. The van der Waals surface area contributed by atoms with Crippen molar-refractivity contribution in [1.29, 1.82) is 0 Å². The molecule has 1 aliphatic heterocycles. The van der Waals surface area contributed by atoms with Gasteiger partial charge in [-0.05, 0) is 36.8 Å². The number of nitrogens with two attached hydrogens (primary N) is 1. The van der Waals surface area contributed by atoms with Gasteiger partial charge in [0.15, 0.2) is 17.3 Å². The van der Waals surface area contributed by atoms with Gasteiger partial charge in [-0.3, -0.25) is 4.79 Å². The molecule has 104 valence electrons. The van der Waals surface area contributed by atoms with Gasteiger partial charge >= 0.3 is 0 Å². The minimum Gasteiger partial charge on any atom is -0.493 e. The Hall–Kier alpha value is -1.20. The van der Waals surface area contributed by atoms with Crippen LogP contribution in [0.2, 0.25) is 0 Å². The van der Waals surface area contributed by atoms with Crippen LogP contribution in [0.25, 0.3) is 0 Å². The minimum atomic E-state index is -0.0990. The second-order valence-electron chi connectivity index (χ2n) is 4.45. The number of hydrogen-bond donors (Lipinski definition) is 1. The lowest BCUT2D eigenvalue weighted by Gasteiger charge is -2.23. The molecule has 2 rings (SSSR count). The maximum atomic E-state index is 11.6. The SMILES string of the molecule is COc1cc(C(=O)CN)ccc1OC1CCCSC1. The van der Waals surface area contributed by atoms with Crippen molar-refractivity contribution in [2.45, 2.75) is 18.9 Å². The molecule has 0 amide bonds. The van der Waals surface area contributed by atoms with Gasteiger partial charge in [-0.1, -0.05) is 0 Å². The molecule has 1 aromatic rings. The topological polar surface area (TPSA) is 61.5 Å². The Balaban J connectivity index is 2.13. The van der Waals surface area contributed by atoms with E-state index in [0.717, 1.165) is 12.2 Å². The zero-order chi connectivity index (χ0) is 13.7. The smallest absolute Gasteiger partial charge is 0.176 e. The highest BCUT2D eigenvalue weighted by Gasteiger charge is 2.18. The summed E-state index contributed by atoms with van der Waals surface area (Å²) in [7, 11) is 1.58. The fourth-order valence-electron chi connectivity index (χ4n) is 2.04. The van der Waals surface area contributed by atoms with Gasteiger partial charge in [0.25, 0.3) is 0 Å². The molecule has 1 saturated heterocycles. The Kier molecular flexibility index (Phi) is 5.10. The molecule has 1 fully saturated rings. The summed E-state index contributed by atoms with van der Waals surface area (Å²) in [4.78, 5) is 11.6. The first kappa shape index (κ1) is 14.2. The molecular weight excluding hydrogens is 262 g/mol. The average molecular weight is 281 g/mol. The van der Waals surface area contributed by atoms with Crippen molar-refractivity contribution in [1.82, 2.24) is 0 Å². The fraction of sp³-hybridized carbons (Fsp3) is 0.500. The third-order valence-corrected chi connectivity index (χ3v) is 4.27. The number of ketones is 1. The number of methoxy groups -OCH3 is 1. The summed E-state index contributed by atoms with van der Waals surface area (Å²) in [6, 6.07) is 5.23. The van der Waals surface area contributed by atoms with Gasteiger partial charge in [0, 0.05) is 11.3 Å². The quantitative estimate of drug-likeness (QED) is 0.838. The second kappa shape index (κ2) is 6.82. The number of carbonyl (C=O) groups is 1. The normalized spacial score (nSPS) is 18.9. The van der Waals surface area contributed by atoms with Gasteiger partial charge in [-0.2, -0.15) is 11.8 Å². The number of thioether (sulfide) groups is 1. The third-order valence-electron chi connectivity index (χ3n) is 3.08. The molecule has 1 aliphatic rings. The average Bonchev–Trinajstić information content (AvgIpc) is 2.48. The summed E-state index contributed by atoms with van der Waals surface area (Å²) >= 11 is 1.91. The molecule has 1 aromatic carbocycles. The summed E-state index contributed by atoms with van der Waals surface area (Å²) in [5, 5.41) is 0. The lowest BCUT2D eigenvalue weighted by atomic mass is 10.1. The van der Waals surface area contributed by atoms with Crippen LogP contribution in [0.1, 0.15) is 23.2 Å². The summed E-state index contributed by atoms with van der Waals surface area (Å²) in [6.07, 6.45) is 2.48. The van der Waals surface area contributed by atoms with Gasteiger partial charge < -0.3 is 15.2 Å². The Morgan fingerprint density at radius 2 is 2.32 bits per heavy atom. The van der Waals surface area contributed by atoms with Crippen molar-refractivity contribution in [2.24, 2.45) is 5.73 Å². The molecule has 4 nitrogen and oxygen atoms in total. The van der Waals surface area contributed by atoms with E-state index in [-0.39, 0.29) is 18.4 Å². The van der Waals surface area contributed by atoms with Crippen LogP contribution < -0.4 is 15.2 Å². The van der Waals surface area contributed by atoms with E-state index in [1.807, 2.05) is 11.8 Å². The summed E-state index contributed by atoms with van der Waals surface area (Å²) in [5.74, 6) is 3.41. The minimum absolute atomic E-state index is 0.00260. The lowest BCUT2D eigenvalue weighted by molar-refractivity contribution is 0.100. The van der Waals surface area contributed by atoms with Crippen LogP contribution in [0.5, 0.6) is 11.5 Å². The summed E-state index contributed by atoms with van der Waals surface area (Å²) < 4.78 is 11.3. The van der Waals surface area contributed by atoms with Crippen LogP contribution in [0, 0.1) is 0 Å². The fourth-order valence-corrected chi connectivity index (χ4v) is 3.07. The van der Waals surface area contributed by atoms with E-state index in [0.29, 0.717) is 17.1 Å². The van der Waals surface area contributed by atoms with E-state index in [1.54, 1.807) is 25.3 Å². The van der Waals surface area contributed by atoms with E-state index in [4.69, 9.17) is 15.2 Å². The van der Waals surface area contributed by atoms with E-state index < -0.39 is 0 Å². The number of carbonyl (C=O) groups excluding carboxylic acids is 1. The van der Waals surface area contributed by atoms with Crippen LogP contribution in [-0.4, -0.2) is 37.0 Å². The van der Waals surface area contributed by atoms with Crippen molar-refractivity contribution in [2.75, 3.05) is 25.2 Å². The van der Waals surface area contributed by atoms with Crippen molar-refractivity contribution in [3.8, 4) is 11.5 Å². The van der Waals surface area contributed by atoms with Crippen LogP contribution in [0.4, 0.5) is 0 Å². The molecule has 0 saturated carbocycles. The number of rotatable bonds is 5. The first-order valence-electron chi connectivity index (χ1n) is 6.40. The number of hydrogen-bond acceptors (Lipinski definition) is 5. The molecule has 2 N–H and O–H groups in total. The first-order valence-corrected chi connectivity index (χ1v) is 7.55. The zero-order valence-electron chi connectivity index (χ0n) is 11.1. The molecule has 1 unspecified atom stereocenters. The predicted molar refractivity (Wildman–Crippen MR) is 77.4 cm³/mol. The highest BCUT2D eigenvalue weighted by atomic mass is 32.2. The molecule has 19 heavy (non-hydrogen) atoms. The highest BCUT2D eigenvalue weighted by molar-refractivity contribution is 7.99.